The molecule has 2 heterocycles. The Hall–Kier alpha value is -3.78. The average Bonchev–Trinajstić information content (AvgIpc) is 3.22. The van der Waals surface area contributed by atoms with E-state index in [2.05, 4.69) is 20.5 Å². The number of aromatic nitrogens is 4. The number of amides is 1. The first-order valence-corrected chi connectivity index (χ1v) is 11.3. The van der Waals surface area contributed by atoms with Crippen molar-refractivity contribution in [3.8, 4) is 17.1 Å². The zero-order valence-electron chi connectivity index (χ0n) is 18.5. The molecule has 2 aromatic heterocycles. The number of para-hydroxylation sites is 1. The summed E-state index contributed by atoms with van der Waals surface area (Å²) in [7, 11) is 0. The van der Waals surface area contributed by atoms with E-state index in [9.17, 15) is 9.59 Å². The van der Waals surface area contributed by atoms with Crippen LogP contribution in [0.25, 0.3) is 17.1 Å². The monoisotopic (exact) mass is 457 g/mol. The molecule has 2 aromatic carbocycles. The van der Waals surface area contributed by atoms with E-state index < -0.39 is 5.25 Å². The van der Waals surface area contributed by atoms with Crippen molar-refractivity contribution in [1.82, 2.24) is 19.7 Å². The fourth-order valence-corrected chi connectivity index (χ4v) is 4.37. The second kappa shape index (κ2) is 9.79. The normalized spacial score (nSPS) is 11.7. The van der Waals surface area contributed by atoms with Gasteiger partial charge in [-0.3, -0.25) is 19.1 Å². The number of hydrogen-bond donors (Lipinski definition) is 1. The van der Waals surface area contributed by atoms with E-state index in [0.717, 1.165) is 16.8 Å². The van der Waals surface area contributed by atoms with E-state index in [0.29, 0.717) is 22.2 Å². The van der Waals surface area contributed by atoms with Crippen LogP contribution in [0, 0.1) is 6.92 Å². The second-order valence-electron chi connectivity index (χ2n) is 7.55. The first kappa shape index (κ1) is 22.4. The molecule has 0 aliphatic rings. The van der Waals surface area contributed by atoms with Gasteiger partial charge in [-0.1, -0.05) is 30.0 Å². The molecule has 8 heteroatoms. The molecule has 0 bridgehead atoms. The number of pyridine rings is 1. The van der Waals surface area contributed by atoms with Crippen LogP contribution in [0.1, 0.15) is 29.8 Å². The Kier molecular flexibility index (Phi) is 6.65. The van der Waals surface area contributed by atoms with Gasteiger partial charge >= 0.3 is 0 Å². The highest BCUT2D eigenvalue weighted by molar-refractivity contribution is 8.00. The zero-order valence-corrected chi connectivity index (χ0v) is 19.3. The van der Waals surface area contributed by atoms with Gasteiger partial charge in [-0.05, 0) is 61.9 Å². The summed E-state index contributed by atoms with van der Waals surface area (Å²) in [5, 5.41) is 11.8. The first-order valence-electron chi connectivity index (χ1n) is 10.4. The number of ketones is 1. The Labute approximate surface area is 196 Å². The number of benzene rings is 2. The minimum atomic E-state index is -0.395. The SMILES string of the molecule is CC(=O)Nc1ccc(C(=O)[C@H](C)Sc2nnc(-c3ccncc3)n2-c2ccccc2C)cc1. The zero-order chi connectivity index (χ0) is 23.4. The maximum absolute atomic E-state index is 13.1. The summed E-state index contributed by atoms with van der Waals surface area (Å²) in [5.74, 6) is 0.506. The predicted octanol–water partition coefficient (Wildman–Crippen LogP) is 4.96. The van der Waals surface area contributed by atoms with Crippen LogP contribution in [0.4, 0.5) is 5.69 Å². The molecule has 166 valence electrons. The maximum Gasteiger partial charge on any atom is 0.221 e. The van der Waals surface area contributed by atoms with Crippen molar-refractivity contribution in [3.05, 3.63) is 84.2 Å². The van der Waals surface area contributed by atoms with Gasteiger partial charge in [-0.2, -0.15) is 0 Å². The number of nitrogens with one attached hydrogen (secondary N) is 1. The molecule has 0 fully saturated rings. The second-order valence-corrected chi connectivity index (χ2v) is 8.85. The summed E-state index contributed by atoms with van der Waals surface area (Å²) in [6.07, 6.45) is 3.44. The standard InChI is InChI=1S/C25H23N5O2S/c1-16-6-4-5-7-22(16)30-24(20-12-14-26-15-13-20)28-29-25(30)33-17(2)23(32)19-8-10-21(11-9-19)27-18(3)31/h4-15,17H,1-3H3,(H,27,31)/t17-/m0/s1. The van der Waals surface area contributed by atoms with Gasteiger partial charge in [0.05, 0.1) is 10.9 Å². The summed E-state index contributed by atoms with van der Waals surface area (Å²) in [4.78, 5) is 28.4. The van der Waals surface area contributed by atoms with Gasteiger partial charge in [-0.25, -0.2) is 0 Å². The van der Waals surface area contributed by atoms with Crippen molar-refractivity contribution in [2.24, 2.45) is 0 Å². The van der Waals surface area contributed by atoms with Crippen molar-refractivity contribution in [1.29, 1.82) is 0 Å². The van der Waals surface area contributed by atoms with Crippen molar-refractivity contribution in [2.45, 2.75) is 31.2 Å². The predicted molar refractivity (Wildman–Crippen MR) is 130 cm³/mol. The topological polar surface area (TPSA) is 89.8 Å². The maximum atomic E-state index is 13.1. The lowest BCUT2D eigenvalue weighted by Gasteiger charge is -2.15. The molecule has 4 aromatic rings. The van der Waals surface area contributed by atoms with Crippen LogP contribution in [-0.4, -0.2) is 36.7 Å². The molecule has 1 N–H and O–H groups in total. The largest absolute Gasteiger partial charge is 0.326 e. The van der Waals surface area contributed by atoms with Crippen LogP contribution in [0.2, 0.25) is 0 Å². The number of Topliss-reactive ketones (excluding diaryl/α,β-unsaturated/α-hetero) is 1. The smallest absolute Gasteiger partial charge is 0.221 e. The fourth-order valence-electron chi connectivity index (χ4n) is 3.43. The summed E-state index contributed by atoms with van der Waals surface area (Å²) in [5.41, 5.74) is 4.14. The minimum Gasteiger partial charge on any atom is -0.326 e. The van der Waals surface area contributed by atoms with E-state index >= 15 is 0 Å². The highest BCUT2D eigenvalue weighted by Crippen LogP contribution is 2.32. The third kappa shape index (κ3) is 5.01. The molecule has 0 saturated heterocycles. The summed E-state index contributed by atoms with van der Waals surface area (Å²) in [6.45, 7) is 5.34. The van der Waals surface area contributed by atoms with Crippen LogP contribution in [0.3, 0.4) is 0 Å². The van der Waals surface area contributed by atoms with Gasteiger partial charge in [0, 0.05) is 36.1 Å². The van der Waals surface area contributed by atoms with E-state index in [4.69, 9.17) is 0 Å². The third-order valence-corrected chi connectivity index (χ3v) is 6.11. The fraction of sp³-hybridized carbons (Fsp3) is 0.160. The van der Waals surface area contributed by atoms with Crippen LogP contribution < -0.4 is 5.32 Å². The number of carbonyl (C=O) groups is 2. The molecule has 7 nitrogen and oxygen atoms in total. The Morgan fingerprint density at radius 1 is 0.970 bits per heavy atom. The van der Waals surface area contributed by atoms with Gasteiger partial charge in [-0.15, -0.1) is 10.2 Å². The molecule has 0 unspecified atom stereocenters. The van der Waals surface area contributed by atoms with Gasteiger partial charge in [0.2, 0.25) is 5.91 Å². The number of aryl methyl sites for hydroxylation is 1. The minimum absolute atomic E-state index is 0.0285. The van der Waals surface area contributed by atoms with Gasteiger partial charge in [0.25, 0.3) is 0 Å². The molecule has 0 spiro atoms. The Morgan fingerprint density at radius 3 is 2.33 bits per heavy atom. The third-order valence-electron chi connectivity index (χ3n) is 5.07. The Bertz CT molecular complexity index is 1290. The van der Waals surface area contributed by atoms with E-state index in [1.807, 2.05) is 54.8 Å². The van der Waals surface area contributed by atoms with Crippen LogP contribution in [0.5, 0.6) is 0 Å². The quantitative estimate of drug-likeness (QED) is 0.312. The lowest BCUT2D eigenvalue weighted by atomic mass is 10.1. The van der Waals surface area contributed by atoms with E-state index in [1.54, 1.807) is 36.7 Å². The number of hydrogen-bond acceptors (Lipinski definition) is 6. The van der Waals surface area contributed by atoms with Gasteiger partial charge in [0.1, 0.15) is 0 Å². The Balaban J connectivity index is 1.65. The lowest BCUT2D eigenvalue weighted by Crippen LogP contribution is -2.15. The highest BCUT2D eigenvalue weighted by atomic mass is 32.2. The molecule has 0 radical (unpaired) electrons. The lowest BCUT2D eigenvalue weighted by molar-refractivity contribution is -0.114. The molecule has 1 amide bonds. The van der Waals surface area contributed by atoms with Gasteiger partial charge < -0.3 is 5.32 Å². The van der Waals surface area contributed by atoms with Gasteiger partial charge in [0.15, 0.2) is 16.8 Å². The molecule has 4 rings (SSSR count). The van der Waals surface area contributed by atoms with E-state index in [-0.39, 0.29) is 11.7 Å². The summed E-state index contributed by atoms with van der Waals surface area (Å²) < 4.78 is 1.99. The summed E-state index contributed by atoms with van der Waals surface area (Å²) >= 11 is 1.36. The number of carbonyl (C=O) groups excluding carboxylic acids is 2. The molecule has 1 atom stereocenters. The first-order chi connectivity index (χ1) is 15.9. The van der Waals surface area contributed by atoms with Crippen LogP contribution in [0.15, 0.2) is 78.2 Å². The molecule has 0 aliphatic heterocycles. The summed E-state index contributed by atoms with van der Waals surface area (Å²) in [6, 6.07) is 18.7. The molecular formula is C25H23N5O2S. The van der Waals surface area contributed by atoms with Crippen LogP contribution >= 0.6 is 11.8 Å². The Morgan fingerprint density at radius 2 is 1.67 bits per heavy atom. The van der Waals surface area contributed by atoms with Crippen molar-refractivity contribution < 1.29 is 9.59 Å². The molecule has 0 aliphatic carbocycles. The highest BCUT2D eigenvalue weighted by Gasteiger charge is 2.23. The van der Waals surface area contributed by atoms with Crippen LogP contribution in [-0.2, 0) is 4.79 Å². The number of rotatable bonds is 7. The number of nitrogens with zero attached hydrogens (tertiary/aromatic N) is 4. The van der Waals surface area contributed by atoms with Crippen molar-refractivity contribution in [2.75, 3.05) is 5.32 Å². The molecule has 0 saturated carbocycles. The van der Waals surface area contributed by atoms with E-state index in [1.165, 1.54) is 18.7 Å². The average molecular weight is 458 g/mol. The van der Waals surface area contributed by atoms with Crippen molar-refractivity contribution in [3.63, 3.8) is 0 Å². The number of anilines is 1. The molecular weight excluding hydrogens is 434 g/mol. The number of thioether (sulfide) groups is 1. The molecule has 33 heavy (non-hydrogen) atoms. The van der Waals surface area contributed by atoms with Crippen molar-refractivity contribution >= 4 is 29.1 Å².